The van der Waals surface area contributed by atoms with E-state index in [-0.39, 0.29) is 28.0 Å². The zero-order valence-corrected chi connectivity index (χ0v) is 28.0. The van der Waals surface area contributed by atoms with Gasteiger partial charge in [-0.15, -0.1) is 0 Å². The van der Waals surface area contributed by atoms with Crippen LogP contribution in [0.5, 0.6) is 0 Å². The van der Waals surface area contributed by atoms with Gasteiger partial charge in [0.15, 0.2) is 0 Å². The maximum Gasteiger partial charge on any atom is 0.393 e. The first-order valence-electron chi connectivity index (χ1n) is 15.0. The van der Waals surface area contributed by atoms with Crippen molar-refractivity contribution in [2.75, 3.05) is 64.7 Å². The highest BCUT2D eigenvalue weighted by Crippen LogP contribution is 2.36. The average Bonchev–Trinajstić information content (AvgIpc) is 2.96. The number of piperidine rings is 1. The fourth-order valence-electron chi connectivity index (χ4n) is 6.30. The van der Waals surface area contributed by atoms with Crippen LogP contribution in [0.3, 0.4) is 0 Å². The molecular formula is C31H37Cl3F3N5O2S. The van der Waals surface area contributed by atoms with E-state index in [1.807, 2.05) is 18.0 Å². The van der Waals surface area contributed by atoms with E-state index >= 15 is 0 Å². The second-order valence-electron chi connectivity index (χ2n) is 12.2. The molecule has 7 nitrogen and oxygen atoms in total. The van der Waals surface area contributed by atoms with Crippen LogP contribution in [0.4, 0.5) is 18.9 Å². The molecule has 2 unspecified atom stereocenters. The van der Waals surface area contributed by atoms with Crippen LogP contribution in [0.2, 0.25) is 15.1 Å². The van der Waals surface area contributed by atoms with Crippen LogP contribution in [0.25, 0.3) is 0 Å². The SMILES string of the molecule is CN1CCN(C(=O)c2ccc(NC3CN(C4CCN(C(=O)C(S)C(Cc5cc(Cl)cc(Cl)c5)C(F)(F)F)CC4)C3)cc2Cl)CC1. The lowest BCUT2D eigenvalue weighted by Crippen LogP contribution is -2.61. The summed E-state index contributed by atoms with van der Waals surface area (Å²) in [7, 11) is 2.04. The first kappa shape index (κ1) is 34.4. The molecule has 2 aromatic rings. The van der Waals surface area contributed by atoms with Gasteiger partial charge in [-0.25, -0.2) is 0 Å². The second kappa shape index (κ2) is 14.5. The Morgan fingerprint density at radius 3 is 2.13 bits per heavy atom. The van der Waals surface area contributed by atoms with E-state index < -0.39 is 29.7 Å². The highest BCUT2D eigenvalue weighted by atomic mass is 35.5. The fraction of sp³-hybridized carbons (Fsp3) is 0.548. The molecule has 246 valence electrons. The Balaban J connectivity index is 1.08. The molecule has 0 aliphatic carbocycles. The van der Waals surface area contributed by atoms with Gasteiger partial charge in [0.2, 0.25) is 5.91 Å². The lowest BCUT2D eigenvalue weighted by Gasteiger charge is -2.47. The third-order valence-corrected chi connectivity index (χ3v) is 10.3. The highest BCUT2D eigenvalue weighted by molar-refractivity contribution is 7.81. The summed E-state index contributed by atoms with van der Waals surface area (Å²) < 4.78 is 42.1. The third kappa shape index (κ3) is 8.53. The number of carbonyl (C=O) groups excluding carboxylic acids is 2. The lowest BCUT2D eigenvalue weighted by atomic mass is 9.93. The quantitative estimate of drug-likeness (QED) is 0.338. The Bertz CT molecular complexity index is 1360. The zero-order chi connectivity index (χ0) is 32.5. The van der Waals surface area contributed by atoms with Crippen molar-refractivity contribution in [1.82, 2.24) is 19.6 Å². The number of likely N-dealkylation sites (N-methyl/N-ethyl adjacent to an activating group) is 1. The molecule has 3 fully saturated rings. The third-order valence-electron chi connectivity index (χ3n) is 9.00. The Morgan fingerprint density at radius 2 is 1.56 bits per heavy atom. The molecule has 3 aliphatic rings. The number of benzene rings is 2. The number of halogens is 6. The van der Waals surface area contributed by atoms with Crippen molar-refractivity contribution in [2.45, 2.75) is 42.8 Å². The van der Waals surface area contributed by atoms with Gasteiger partial charge in [0.1, 0.15) is 0 Å². The van der Waals surface area contributed by atoms with E-state index in [1.54, 1.807) is 12.1 Å². The van der Waals surface area contributed by atoms with Crippen LogP contribution in [0.15, 0.2) is 36.4 Å². The topological polar surface area (TPSA) is 59.1 Å². The summed E-state index contributed by atoms with van der Waals surface area (Å²) in [5, 5.41) is 2.84. The molecule has 14 heteroatoms. The monoisotopic (exact) mass is 705 g/mol. The number of carbonyl (C=O) groups is 2. The number of nitrogens with zero attached hydrogens (tertiary/aromatic N) is 4. The summed E-state index contributed by atoms with van der Waals surface area (Å²) in [6.45, 7) is 5.39. The van der Waals surface area contributed by atoms with Gasteiger partial charge in [-0.1, -0.05) is 34.8 Å². The van der Waals surface area contributed by atoms with Gasteiger partial charge in [0.05, 0.1) is 27.8 Å². The Morgan fingerprint density at radius 1 is 0.933 bits per heavy atom. The molecule has 2 amide bonds. The molecule has 1 N–H and O–H groups in total. The molecular weight excluding hydrogens is 670 g/mol. The number of thiol groups is 1. The summed E-state index contributed by atoms with van der Waals surface area (Å²) >= 11 is 22.7. The minimum Gasteiger partial charge on any atom is -0.380 e. The molecule has 2 aromatic carbocycles. The number of hydrogen-bond donors (Lipinski definition) is 2. The normalized spacial score (nSPS) is 20.5. The summed E-state index contributed by atoms with van der Waals surface area (Å²) in [5.41, 5.74) is 1.65. The van der Waals surface area contributed by atoms with Gasteiger partial charge in [-0.05, 0) is 68.3 Å². The van der Waals surface area contributed by atoms with E-state index in [0.29, 0.717) is 55.2 Å². The summed E-state index contributed by atoms with van der Waals surface area (Å²) in [5.74, 6) is -2.64. The molecule has 0 radical (unpaired) electrons. The Hall–Kier alpha value is -1.89. The number of rotatable bonds is 8. The molecule has 0 spiro atoms. The molecule has 45 heavy (non-hydrogen) atoms. The van der Waals surface area contributed by atoms with Crippen molar-refractivity contribution in [3.8, 4) is 0 Å². The van der Waals surface area contributed by atoms with Crippen LogP contribution in [-0.4, -0.2) is 114 Å². The standard InChI is InChI=1S/C31H37Cl3F3N5O2S/c1-39-8-10-41(11-9-39)29(43)25-3-2-22(16-27(25)34)38-23-17-42(18-23)24-4-6-40(7-5-24)30(44)28(45)26(31(35,36)37)14-19-12-20(32)15-21(33)13-19/h2-3,12-13,15-16,23-24,26,28,38,45H,4-11,14,17-18H2,1H3. The smallest absolute Gasteiger partial charge is 0.380 e. The number of nitrogens with one attached hydrogen (secondary N) is 1. The van der Waals surface area contributed by atoms with Gasteiger partial charge in [0.25, 0.3) is 5.91 Å². The molecule has 5 rings (SSSR count). The van der Waals surface area contributed by atoms with Crippen LogP contribution < -0.4 is 5.32 Å². The van der Waals surface area contributed by atoms with E-state index in [2.05, 4.69) is 27.7 Å². The van der Waals surface area contributed by atoms with Crippen LogP contribution >= 0.6 is 47.4 Å². The summed E-state index contributed by atoms with van der Waals surface area (Å²) in [6, 6.07) is 10.2. The van der Waals surface area contributed by atoms with Gasteiger partial charge in [-0.2, -0.15) is 25.8 Å². The number of hydrogen-bond acceptors (Lipinski definition) is 6. The molecule has 3 heterocycles. The molecule has 0 aromatic heterocycles. The first-order valence-corrected chi connectivity index (χ1v) is 16.7. The maximum absolute atomic E-state index is 14.0. The number of anilines is 1. The van der Waals surface area contributed by atoms with E-state index in [0.717, 1.165) is 31.9 Å². The molecule has 3 aliphatic heterocycles. The van der Waals surface area contributed by atoms with E-state index in [9.17, 15) is 22.8 Å². The van der Waals surface area contributed by atoms with Gasteiger partial charge in [0, 0.05) is 74.1 Å². The lowest BCUT2D eigenvalue weighted by molar-refractivity contribution is -0.179. The molecule has 2 atom stereocenters. The predicted octanol–water partition coefficient (Wildman–Crippen LogP) is 5.84. The summed E-state index contributed by atoms with van der Waals surface area (Å²) in [4.78, 5) is 33.9. The number of amides is 2. The van der Waals surface area contributed by atoms with Gasteiger partial charge < -0.3 is 20.0 Å². The fourth-order valence-corrected chi connectivity index (χ4v) is 7.57. The minimum absolute atomic E-state index is 0.0523. The van der Waals surface area contributed by atoms with Crippen LogP contribution in [0, 0.1) is 5.92 Å². The highest BCUT2D eigenvalue weighted by Gasteiger charge is 2.47. The Labute approximate surface area is 282 Å². The molecule has 3 saturated heterocycles. The predicted molar refractivity (Wildman–Crippen MR) is 176 cm³/mol. The molecule has 0 bridgehead atoms. The van der Waals surface area contributed by atoms with Crippen molar-refractivity contribution in [3.05, 3.63) is 62.6 Å². The number of alkyl halides is 3. The van der Waals surface area contributed by atoms with Crippen molar-refractivity contribution < 1.29 is 22.8 Å². The van der Waals surface area contributed by atoms with E-state index in [4.69, 9.17) is 34.8 Å². The first-order chi connectivity index (χ1) is 21.3. The number of piperazine rings is 1. The van der Waals surface area contributed by atoms with Crippen molar-refractivity contribution in [2.24, 2.45) is 5.92 Å². The van der Waals surface area contributed by atoms with Crippen LogP contribution in [0.1, 0.15) is 28.8 Å². The van der Waals surface area contributed by atoms with Crippen LogP contribution in [-0.2, 0) is 11.2 Å². The minimum atomic E-state index is -4.63. The summed E-state index contributed by atoms with van der Waals surface area (Å²) in [6.07, 6.45) is -3.72. The van der Waals surface area contributed by atoms with Gasteiger partial charge in [-0.3, -0.25) is 14.5 Å². The zero-order valence-electron chi connectivity index (χ0n) is 24.9. The molecule has 0 saturated carbocycles. The maximum atomic E-state index is 14.0. The van der Waals surface area contributed by atoms with Crippen molar-refractivity contribution >= 4 is 64.9 Å². The van der Waals surface area contributed by atoms with E-state index in [1.165, 1.54) is 23.1 Å². The van der Waals surface area contributed by atoms with Crippen molar-refractivity contribution in [1.29, 1.82) is 0 Å². The number of likely N-dealkylation sites (tertiary alicyclic amines) is 2. The largest absolute Gasteiger partial charge is 0.393 e. The Kier molecular flexibility index (Phi) is 11.1. The van der Waals surface area contributed by atoms with Gasteiger partial charge >= 0.3 is 6.18 Å². The average molecular weight is 707 g/mol. The van der Waals surface area contributed by atoms with Crippen molar-refractivity contribution in [3.63, 3.8) is 0 Å². The second-order valence-corrected chi connectivity index (χ2v) is 14.1.